The Hall–Kier alpha value is -2.71. The number of ether oxygens (including phenoxy) is 1. The molecule has 0 spiro atoms. The van der Waals surface area contributed by atoms with Gasteiger partial charge in [0.05, 0.1) is 18.5 Å². The Morgan fingerprint density at radius 2 is 1.97 bits per heavy atom. The Morgan fingerprint density at radius 3 is 2.61 bits per heavy atom. The van der Waals surface area contributed by atoms with Crippen molar-refractivity contribution in [2.45, 2.75) is 78.0 Å². The van der Waals surface area contributed by atoms with E-state index in [9.17, 15) is 4.79 Å². The number of hydrogen-bond donors (Lipinski definition) is 1. The van der Waals surface area contributed by atoms with Gasteiger partial charge in [0, 0.05) is 24.1 Å². The van der Waals surface area contributed by atoms with Crippen molar-refractivity contribution in [1.29, 1.82) is 0 Å². The Bertz CT molecular complexity index is 1180. The number of rotatable bonds is 10. The summed E-state index contributed by atoms with van der Waals surface area (Å²) in [6.45, 7) is 14.9. The predicted octanol–water partition coefficient (Wildman–Crippen LogP) is 5.74. The molecule has 1 fully saturated rings. The Balaban J connectivity index is 1.54. The van der Waals surface area contributed by atoms with Crippen molar-refractivity contribution in [3.8, 4) is 0 Å². The monoisotopic (exact) mass is 510 g/mol. The second-order valence-corrected chi connectivity index (χ2v) is 11.0. The van der Waals surface area contributed by atoms with Crippen LogP contribution in [0.5, 0.6) is 0 Å². The fraction of sp³-hybridized carbons (Fsp3) is 0.462. The largest absolute Gasteiger partial charge is 0.352 e. The Kier molecular flexibility index (Phi) is 8.46. The number of anilines is 1. The SMILES string of the molecule is C=CP(O[C@H]1C[C@H](n2cnc3c(NC(=O)c4ccccc4)ncnc32)O[C@@H]1CC)N(C(C)C)C(C)C. The van der Waals surface area contributed by atoms with Crippen molar-refractivity contribution < 1.29 is 14.1 Å². The summed E-state index contributed by atoms with van der Waals surface area (Å²) in [5.74, 6) is 2.04. The van der Waals surface area contributed by atoms with E-state index in [1.165, 1.54) is 6.33 Å². The first-order valence-electron chi connectivity index (χ1n) is 12.4. The second kappa shape index (κ2) is 11.6. The molecular formula is C26H35N6O3P. The highest BCUT2D eigenvalue weighted by Gasteiger charge is 2.39. The molecule has 1 unspecified atom stereocenters. The van der Waals surface area contributed by atoms with Crippen LogP contribution in [-0.4, -0.2) is 54.4 Å². The maximum Gasteiger partial charge on any atom is 0.256 e. The molecule has 36 heavy (non-hydrogen) atoms. The maximum absolute atomic E-state index is 12.7. The number of aromatic nitrogens is 4. The van der Waals surface area contributed by atoms with Gasteiger partial charge in [-0.2, -0.15) is 0 Å². The van der Waals surface area contributed by atoms with Crippen LogP contribution in [0.25, 0.3) is 11.2 Å². The van der Waals surface area contributed by atoms with E-state index in [1.807, 2.05) is 28.6 Å². The average Bonchev–Trinajstić information content (AvgIpc) is 3.48. The molecule has 0 aliphatic carbocycles. The number of nitrogens with zero attached hydrogens (tertiary/aromatic N) is 5. The van der Waals surface area contributed by atoms with Gasteiger partial charge in [-0.1, -0.05) is 31.7 Å². The van der Waals surface area contributed by atoms with Gasteiger partial charge in [-0.05, 0) is 52.1 Å². The summed E-state index contributed by atoms with van der Waals surface area (Å²) in [7, 11) is -0.973. The van der Waals surface area contributed by atoms with Gasteiger partial charge in [0.15, 0.2) is 17.0 Å². The van der Waals surface area contributed by atoms with Crippen LogP contribution >= 0.6 is 8.30 Å². The molecule has 4 atom stereocenters. The summed E-state index contributed by atoms with van der Waals surface area (Å²) in [6, 6.07) is 9.68. The first-order chi connectivity index (χ1) is 17.3. The summed E-state index contributed by atoms with van der Waals surface area (Å²) >= 11 is 0. The number of carbonyl (C=O) groups is 1. The lowest BCUT2D eigenvalue weighted by Gasteiger charge is -2.37. The molecule has 1 amide bonds. The molecule has 192 valence electrons. The van der Waals surface area contributed by atoms with Gasteiger partial charge >= 0.3 is 0 Å². The number of imidazole rings is 1. The lowest BCUT2D eigenvalue weighted by atomic mass is 10.1. The summed E-state index contributed by atoms with van der Waals surface area (Å²) in [4.78, 5) is 25.9. The van der Waals surface area contributed by atoms with Gasteiger partial charge in [0.1, 0.15) is 20.9 Å². The van der Waals surface area contributed by atoms with Gasteiger partial charge in [0.25, 0.3) is 5.91 Å². The molecule has 1 saturated heterocycles. The molecule has 1 aromatic carbocycles. The molecule has 0 radical (unpaired) electrons. The van der Waals surface area contributed by atoms with E-state index >= 15 is 0 Å². The van der Waals surface area contributed by atoms with E-state index in [-0.39, 0.29) is 24.3 Å². The molecular weight excluding hydrogens is 475 g/mol. The number of amides is 1. The highest BCUT2D eigenvalue weighted by molar-refractivity contribution is 7.53. The summed E-state index contributed by atoms with van der Waals surface area (Å²) < 4.78 is 17.3. The minimum Gasteiger partial charge on any atom is -0.352 e. The lowest BCUT2D eigenvalue weighted by Crippen LogP contribution is -2.34. The Labute approximate surface area is 213 Å². The third-order valence-corrected chi connectivity index (χ3v) is 8.38. The molecule has 3 aromatic rings. The van der Waals surface area contributed by atoms with Crippen LogP contribution in [0.1, 0.15) is 64.0 Å². The van der Waals surface area contributed by atoms with Crippen LogP contribution in [0, 0.1) is 0 Å². The molecule has 4 rings (SSSR count). The van der Waals surface area contributed by atoms with Crippen LogP contribution in [0.15, 0.2) is 55.4 Å². The van der Waals surface area contributed by atoms with Crippen LogP contribution in [0.3, 0.4) is 0 Å². The number of carbonyl (C=O) groups excluding carboxylic acids is 1. The average molecular weight is 511 g/mol. The van der Waals surface area contributed by atoms with Crippen molar-refractivity contribution in [3.63, 3.8) is 0 Å². The van der Waals surface area contributed by atoms with Crippen molar-refractivity contribution in [2.24, 2.45) is 0 Å². The summed E-state index contributed by atoms with van der Waals surface area (Å²) in [6.07, 6.45) is 4.19. The highest BCUT2D eigenvalue weighted by atomic mass is 31.2. The summed E-state index contributed by atoms with van der Waals surface area (Å²) in [5.41, 5.74) is 1.66. The molecule has 0 saturated carbocycles. The van der Waals surface area contributed by atoms with E-state index in [1.54, 1.807) is 18.5 Å². The number of benzene rings is 1. The van der Waals surface area contributed by atoms with Crippen molar-refractivity contribution >= 4 is 31.2 Å². The standard InChI is InChI=1S/C26H35N6O3P/c1-7-20-21(35-36(8-2)32(17(3)4)18(5)6)14-22(34-20)31-16-29-23-24(27-15-28-25(23)31)30-26(33)19-12-10-9-11-13-19/h8-13,15-18,20-22H,2,7,14H2,1,3-6H3,(H,27,28,30,33)/t20-,21+,22-,36?/m1/s1. The summed E-state index contributed by atoms with van der Waals surface area (Å²) in [5, 5.41) is 2.86. The zero-order valence-corrected chi connectivity index (χ0v) is 22.4. The van der Waals surface area contributed by atoms with Crippen LogP contribution in [0.4, 0.5) is 5.82 Å². The molecule has 2 aromatic heterocycles. The predicted molar refractivity (Wildman–Crippen MR) is 143 cm³/mol. The topological polar surface area (TPSA) is 94.4 Å². The van der Waals surface area contributed by atoms with Crippen LogP contribution in [0.2, 0.25) is 0 Å². The molecule has 1 aliphatic heterocycles. The quantitative estimate of drug-likeness (QED) is 0.348. The minimum absolute atomic E-state index is 0.0577. The fourth-order valence-corrected chi connectivity index (χ4v) is 6.44. The third kappa shape index (κ3) is 5.49. The molecule has 10 heteroatoms. The van der Waals surface area contributed by atoms with E-state index in [0.717, 1.165) is 6.42 Å². The van der Waals surface area contributed by atoms with Gasteiger partial charge in [-0.3, -0.25) is 14.0 Å². The molecule has 3 heterocycles. The molecule has 1 aliphatic rings. The number of fused-ring (bicyclic) bond motifs is 1. The molecule has 0 bridgehead atoms. The van der Waals surface area contributed by atoms with Gasteiger partial charge in [-0.15, -0.1) is 0 Å². The first kappa shape index (κ1) is 26.4. The van der Waals surface area contributed by atoms with E-state index in [4.69, 9.17) is 9.26 Å². The second-order valence-electron chi connectivity index (χ2n) is 9.34. The molecule has 9 nitrogen and oxygen atoms in total. The third-order valence-electron chi connectivity index (χ3n) is 6.21. The normalized spacial score (nSPS) is 20.9. The van der Waals surface area contributed by atoms with E-state index in [0.29, 0.717) is 41.0 Å². The zero-order valence-electron chi connectivity index (χ0n) is 21.5. The van der Waals surface area contributed by atoms with Gasteiger partial charge in [0.2, 0.25) is 0 Å². The highest BCUT2D eigenvalue weighted by Crippen LogP contribution is 2.50. The Morgan fingerprint density at radius 1 is 1.25 bits per heavy atom. The van der Waals surface area contributed by atoms with Gasteiger partial charge < -0.3 is 14.6 Å². The van der Waals surface area contributed by atoms with Gasteiger partial charge in [-0.25, -0.2) is 15.0 Å². The fourth-order valence-electron chi connectivity index (χ4n) is 4.65. The first-order valence-corrected chi connectivity index (χ1v) is 13.7. The smallest absolute Gasteiger partial charge is 0.256 e. The van der Waals surface area contributed by atoms with Crippen molar-refractivity contribution in [1.82, 2.24) is 24.2 Å². The van der Waals surface area contributed by atoms with Crippen LogP contribution < -0.4 is 5.32 Å². The van der Waals surface area contributed by atoms with Crippen molar-refractivity contribution in [3.05, 3.63) is 60.9 Å². The zero-order chi connectivity index (χ0) is 25.8. The van der Waals surface area contributed by atoms with E-state index in [2.05, 4.69) is 66.1 Å². The van der Waals surface area contributed by atoms with Crippen molar-refractivity contribution in [2.75, 3.05) is 5.32 Å². The maximum atomic E-state index is 12.7. The number of hydrogen-bond acceptors (Lipinski definition) is 7. The number of nitrogens with one attached hydrogen (secondary N) is 1. The van der Waals surface area contributed by atoms with Crippen LogP contribution in [-0.2, 0) is 9.26 Å². The lowest BCUT2D eigenvalue weighted by molar-refractivity contribution is -0.0138. The molecule has 1 N–H and O–H groups in total. The van der Waals surface area contributed by atoms with E-state index < -0.39 is 8.30 Å². The minimum atomic E-state index is -0.973.